The summed E-state index contributed by atoms with van der Waals surface area (Å²) < 4.78 is 0. The SMILES string of the molecule is CC1=NC(c2ccc(C)s2)C=CS1. The van der Waals surface area contributed by atoms with Crippen LogP contribution in [0.5, 0.6) is 0 Å². The maximum absolute atomic E-state index is 4.57. The third-order valence-corrected chi connectivity index (χ3v) is 3.68. The fourth-order valence-corrected chi connectivity index (χ4v) is 2.75. The monoisotopic (exact) mass is 209 g/mol. The van der Waals surface area contributed by atoms with Crippen LogP contribution in [0.4, 0.5) is 0 Å². The maximum Gasteiger partial charge on any atom is 0.104 e. The second-order valence-corrected chi connectivity index (χ2v) is 5.41. The number of thiophene rings is 1. The van der Waals surface area contributed by atoms with Crippen LogP contribution < -0.4 is 0 Å². The Kier molecular flexibility index (Phi) is 2.56. The summed E-state index contributed by atoms with van der Waals surface area (Å²) in [5, 5.41) is 3.28. The topological polar surface area (TPSA) is 12.4 Å². The first-order valence-electron chi connectivity index (χ1n) is 4.20. The smallest absolute Gasteiger partial charge is 0.104 e. The summed E-state index contributed by atoms with van der Waals surface area (Å²) in [5.41, 5.74) is 0. The molecule has 0 bridgehead atoms. The lowest BCUT2D eigenvalue weighted by Gasteiger charge is -2.10. The third-order valence-electron chi connectivity index (χ3n) is 1.87. The zero-order chi connectivity index (χ0) is 9.26. The molecule has 2 heterocycles. The summed E-state index contributed by atoms with van der Waals surface area (Å²) in [5.74, 6) is 0. The van der Waals surface area contributed by atoms with E-state index in [-0.39, 0.29) is 6.04 Å². The van der Waals surface area contributed by atoms with Crippen LogP contribution in [0.15, 0.2) is 28.6 Å². The number of aliphatic imine (C=N–C) groups is 1. The van der Waals surface area contributed by atoms with Gasteiger partial charge in [0.15, 0.2) is 0 Å². The van der Waals surface area contributed by atoms with Crippen molar-refractivity contribution in [3.63, 3.8) is 0 Å². The summed E-state index contributed by atoms with van der Waals surface area (Å²) in [4.78, 5) is 7.27. The molecule has 3 heteroatoms. The molecule has 1 aliphatic heterocycles. The van der Waals surface area contributed by atoms with Gasteiger partial charge in [-0.1, -0.05) is 11.8 Å². The molecule has 0 amide bonds. The predicted octanol–water partition coefficient (Wildman–Crippen LogP) is 3.78. The highest BCUT2D eigenvalue weighted by Gasteiger charge is 2.11. The van der Waals surface area contributed by atoms with Gasteiger partial charge in [0.2, 0.25) is 0 Å². The lowest BCUT2D eigenvalue weighted by atomic mass is 10.2. The van der Waals surface area contributed by atoms with Crippen LogP contribution in [0, 0.1) is 6.92 Å². The van der Waals surface area contributed by atoms with E-state index in [4.69, 9.17) is 0 Å². The van der Waals surface area contributed by atoms with E-state index in [1.54, 1.807) is 11.8 Å². The molecule has 0 spiro atoms. The second-order valence-electron chi connectivity index (χ2n) is 2.99. The van der Waals surface area contributed by atoms with Crippen LogP contribution >= 0.6 is 23.1 Å². The molecular formula is C10H11NS2. The number of rotatable bonds is 1. The zero-order valence-corrected chi connectivity index (χ0v) is 9.28. The molecule has 0 aliphatic carbocycles. The van der Waals surface area contributed by atoms with Gasteiger partial charge < -0.3 is 0 Å². The van der Waals surface area contributed by atoms with E-state index in [9.17, 15) is 0 Å². The van der Waals surface area contributed by atoms with Crippen molar-refractivity contribution in [1.82, 2.24) is 0 Å². The number of hydrogen-bond donors (Lipinski definition) is 0. The summed E-state index contributed by atoms with van der Waals surface area (Å²) in [6.45, 7) is 4.19. The van der Waals surface area contributed by atoms with Gasteiger partial charge in [0.25, 0.3) is 0 Å². The molecule has 1 aromatic rings. The average molecular weight is 209 g/mol. The first-order chi connectivity index (χ1) is 6.25. The molecule has 0 N–H and O–H groups in total. The number of aryl methyl sites for hydroxylation is 1. The molecule has 1 nitrogen and oxygen atoms in total. The van der Waals surface area contributed by atoms with Gasteiger partial charge in [0.1, 0.15) is 6.04 Å². The fraction of sp³-hybridized carbons (Fsp3) is 0.300. The minimum atomic E-state index is 0.264. The van der Waals surface area contributed by atoms with E-state index < -0.39 is 0 Å². The van der Waals surface area contributed by atoms with Crippen molar-refractivity contribution in [2.24, 2.45) is 4.99 Å². The molecule has 0 fully saturated rings. The summed E-state index contributed by atoms with van der Waals surface area (Å²) in [6.07, 6.45) is 2.16. The van der Waals surface area contributed by atoms with Crippen molar-refractivity contribution in [3.05, 3.63) is 33.4 Å². The number of hydrogen-bond acceptors (Lipinski definition) is 3. The standard InChI is InChI=1S/C10H11NS2/c1-7-3-4-10(13-7)9-5-6-12-8(2)11-9/h3-6,9H,1-2H3. The van der Waals surface area contributed by atoms with Gasteiger partial charge in [-0.05, 0) is 37.5 Å². The lowest BCUT2D eigenvalue weighted by Crippen LogP contribution is -1.95. The molecule has 1 aromatic heterocycles. The number of thioether (sulfide) groups is 1. The normalized spacial score (nSPS) is 21.7. The van der Waals surface area contributed by atoms with E-state index in [1.807, 2.05) is 11.3 Å². The third kappa shape index (κ3) is 2.03. The molecule has 0 aromatic carbocycles. The van der Waals surface area contributed by atoms with Crippen molar-refractivity contribution >= 4 is 28.1 Å². The summed E-state index contributed by atoms with van der Waals surface area (Å²) in [7, 11) is 0. The van der Waals surface area contributed by atoms with Crippen molar-refractivity contribution < 1.29 is 0 Å². The lowest BCUT2D eigenvalue weighted by molar-refractivity contribution is 0.940. The van der Waals surface area contributed by atoms with Gasteiger partial charge in [0, 0.05) is 9.75 Å². The van der Waals surface area contributed by atoms with Gasteiger partial charge in [-0.15, -0.1) is 11.3 Å². The quantitative estimate of drug-likeness (QED) is 0.685. The van der Waals surface area contributed by atoms with Gasteiger partial charge >= 0.3 is 0 Å². The van der Waals surface area contributed by atoms with Crippen LogP contribution in [0.2, 0.25) is 0 Å². The molecule has 0 saturated heterocycles. The molecule has 0 saturated carbocycles. The van der Waals surface area contributed by atoms with Crippen LogP contribution in [-0.2, 0) is 0 Å². The van der Waals surface area contributed by atoms with E-state index in [0.717, 1.165) is 5.04 Å². The van der Waals surface area contributed by atoms with E-state index in [1.165, 1.54) is 9.75 Å². The van der Waals surface area contributed by atoms with E-state index in [0.29, 0.717) is 0 Å². The minimum absolute atomic E-state index is 0.264. The molecule has 1 atom stereocenters. The Morgan fingerprint density at radius 2 is 2.15 bits per heavy atom. The predicted molar refractivity (Wildman–Crippen MR) is 61.6 cm³/mol. The highest BCUT2D eigenvalue weighted by molar-refractivity contribution is 8.16. The van der Waals surface area contributed by atoms with Gasteiger partial charge in [-0.25, -0.2) is 0 Å². The first-order valence-corrected chi connectivity index (χ1v) is 5.89. The van der Waals surface area contributed by atoms with Crippen LogP contribution in [0.1, 0.15) is 22.7 Å². The Morgan fingerprint density at radius 1 is 1.31 bits per heavy atom. The molecule has 1 aliphatic rings. The maximum atomic E-state index is 4.57. The van der Waals surface area contributed by atoms with Gasteiger partial charge in [0.05, 0.1) is 5.04 Å². The molecule has 1 unspecified atom stereocenters. The van der Waals surface area contributed by atoms with Crippen molar-refractivity contribution in [3.8, 4) is 0 Å². The van der Waals surface area contributed by atoms with Gasteiger partial charge in [-0.3, -0.25) is 4.99 Å². The Balaban J connectivity index is 2.26. The largest absolute Gasteiger partial charge is 0.270 e. The van der Waals surface area contributed by atoms with Crippen molar-refractivity contribution in [1.29, 1.82) is 0 Å². The summed E-state index contributed by atoms with van der Waals surface area (Å²) in [6, 6.07) is 4.59. The number of nitrogens with zero attached hydrogens (tertiary/aromatic N) is 1. The molecule has 0 radical (unpaired) electrons. The summed E-state index contributed by atoms with van der Waals surface area (Å²) >= 11 is 3.53. The minimum Gasteiger partial charge on any atom is -0.270 e. The Labute approximate surface area is 86.6 Å². The molecular weight excluding hydrogens is 198 g/mol. The van der Waals surface area contributed by atoms with E-state index in [2.05, 4.69) is 42.5 Å². The van der Waals surface area contributed by atoms with Crippen molar-refractivity contribution in [2.75, 3.05) is 0 Å². The highest BCUT2D eigenvalue weighted by Crippen LogP contribution is 2.31. The zero-order valence-electron chi connectivity index (χ0n) is 7.65. The Hall–Kier alpha value is -0.540. The Bertz CT molecular complexity index is 363. The van der Waals surface area contributed by atoms with Crippen LogP contribution in [0.3, 0.4) is 0 Å². The van der Waals surface area contributed by atoms with E-state index >= 15 is 0 Å². The first kappa shape index (κ1) is 9.03. The van der Waals surface area contributed by atoms with Crippen molar-refractivity contribution in [2.45, 2.75) is 19.9 Å². The van der Waals surface area contributed by atoms with Gasteiger partial charge in [-0.2, -0.15) is 0 Å². The molecule has 2 rings (SSSR count). The van der Waals surface area contributed by atoms with Crippen LogP contribution in [0.25, 0.3) is 0 Å². The second kappa shape index (κ2) is 3.68. The van der Waals surface area contributed by atoms with Crippen LogP contribution in [-0.4, -0.2) is 5.04 Å². The molecule has 68 valence electrons. The molecule has 13 heavy (non-hydrogen) atoms. The fourth-order valence-electron chi connectivity index (χ4n) is 1.25. The average Bonchev–Trinajstić information content (AvgIpc) is 2.52. The Morgan fingerprint density at radius 3 is 2.77 bits per heavy atom. The highest BCUT2D eigenvalue weighted by atomic mass is 32.2.